The Kier molecular flexibility index (Phi) is 3.63. The van der Waals surface area contributed by atoms with Gasteiger partial charge in [0.25, 0.3) is 5.91 Å². The summed E-state index contributed by atoms with van der Waals surface area (Å²) in [6, 6.07) is 3.62. The number of aromatic nitrogens is 1. The van der Waals surface area contributed by atoms with E-state index in [0.29, 0.717) is 10.4 Å². The minimum atomic E-state index is -0.00213. The lowest BCUT2D eigenvalue weighted by Crippen LogP contribution is -2.60. The quantitative estimate of drug-likeness (QED) is 0.833. The molecule has 5 heteroatoms. The van der Waals surface area contributed by atoms with Crippen molar-refractivity contribution in [1.29, 1.82) is 0 Å². The molecule has 1 aromatic rings. The topological polar surface area (TPSA) is 51.2 Å². The van der Waals surface area contributed by atoms with E-state index in [1.54, 1.807) is 12.3 Å². The van der Waals surface area contributed by atoms with E-state index in [9.17, 15) is 4.79 Å². The van der Waals surface area contributed by atoms with Crippen molar-refractivity contribution < 1.29 is 9.53 Å². The molecule has 1 amide bonds. The zero-order valence-electron chi connectivity index (χ0n) is 12.6. The first kappa shape index (κ1) is 14.5. The number of halogens is 1. The number of carbonyl (C=O) groups is 1. The second kappa shape index (κ2) is 5.52. The van der Waals surface area contributed by atoms with Gasteiger partial charge in [0.15, 0.2) is 12.4 Å². The summed E-state index contributed by atoms with van der Waals surface area (Å²) in [4.78, 5) is 16.4. The minimum absolute atomic E-state index is 0.00213. The van der Waals surface area contributed by atoms with Crippen LogP contribution in [0.15, 0.2) is 22.9 Å². The van der Waals surface area contributed by atoms with E-state index in [0.717, 1.165) is 17.8 Å². The molecular formula is C17H21BrN2O2. The lowest BCUT2D eigenvalue weighted by atomic mass is 9.53. The summed E-state index contributed by atoms with van der Waals surface area (Å²) in [6.45, 7) is 0.0616. The number of pyridine rings is 1. The third kappa shape index (κ3) is 2.75. The van der Waals surface area contributed by atoms with Crippen molar-refractivity contribution >= 4 is 21.8 Å². The molecule has 22 heavy (non-hydrogen) atoms. The van der Waals surface area contributed by atoms with Gasteiger partial charge < -0.3 is 10.1 Å². The first-order valence-electron chi connectivity index (χ1n) is 8.16. The summed E-state index contributed by atoms with van der Waals surface area (Å²) in [5.74, 6) is 3.11. The fourth-order valence-corrected chi connectivity index (χ4v) is 5.58. The van der Waals surface area contributed by atoms with Crippen LogP contribution in [0.25, 0.3) is 0 Å². The van der Waals surface area contributed by atoms with Crippen molar-refractivity contribution in [2.24, 2.45) is 17.8 Å². The molecule has 0 aliphatic heterocycles. The third-order valence-electron chi connectivity index (χ3n) is 5.53. The molecule has 4 nitrogen and oxygen atoms in total. The van der Waals surface area contributed by atoms with Gasteiger partial charge in [-0.05, 0) is 84.3 Å². The molecular weight excluding hydrogens is 344 g/mol. The highest BCUT2D eigenvalue weighted by atomic mass is 79.9. The van der Waals surface area contributed by atoms with Gasteiger partial charge in [-0.1, -0.05) is 0 Å². The maximum absolute atomic E-state index is 12.3. The van der Waals surface area contributed by atoms with Crippen LogP contribution in [0.5, 0.6) is 5.75 Å². The van der Waals surface area contributed by atoms with Crippen LogP contribution in [0.3, 0.4) is 0 Å². The predicted octanol–water partition coefficient (Wildman–Crippen LogP) is 3.31. The van der Waals surface area contributed by atoms with E-state index in [1.807, 2.05) is 6.07 Å². The van der Waals surface area contributed by atoms with Gasteiger partial charge in [-0.25, -0.2) is 4.98 Å². The van der Waals surface area contributed by atoms with Crippen LogP contribution >= 0.6 is 15.9 Å². The Morgan fingerprint density at radius 2 is 1.91 bits per heavy atom. The second-order valence-electron chi connectivity index (χ2n) is 7.33. The molecule has 4 saturated carbocycles. The summed E-state index contributed by atoms with van der Waals surface area (Å²) in [5.41, 5.74) is 0.0569. The highest BCUT2D eigenvalue weighted by Crippen LogP contribution is 2.55. The molecule has 0 radical (unpaired) electrons. The van der Waals surface area contributed by atoms with Gasteiger partial charge in [0.05, 0.1) is 0 Å². The largest absolute Gasteiger partial charge is 0.481 e. The van der Waals surface area contributed by atoms with Crippen LogP contribution in [0.2, 0.25) is 0 Å². The van der Waals surface area contributed by atoms with Gasteiger partial charge in [0.2, 0.25) is 0 Å². The summed E-state index contributed by atoms with van der Waals surface area (Å²) >= 11 is 3.33. The van der Waals surface area contributed by atoms with E-state index in [1.165, 1.54) is 38.5 Å². The number of hydrogen-bond acceptors (Lipinski definition) is 3. The van der Waals surface area contributed by atoms with Crippen LogP contribution in [0.4, 0.5) is 0 Å². The van der Waals surface area contributed by atoms with Crippen LogP contribution in [0.1, 0.15) is 38.5 Å². The Hall–Kier alpha value is -1.10. The first-order valence-corrected chi connectivity index (χ1v) is 8.95. The van der Waals surface area contributed by atoms with Crippen molar-refractivity contribution in [2.45, 2.75) is 44.1 Å². The summed E-state index contributed by atoms with van der Waals surface area (Å²) in [7, 11) is 0. The van der Waals surface area contributed by atoms with Crippen molar-refractivity contribution in [3.63, 3.8) is 0 Å². The van der Waals surface area contributed by atoms with Crippen LogP contribution in [-0.2, 0) is 4.79 Å². The lowest BCUT2D eigenvalue weighted by molar-refractivity contribution is -0.128. The van der Waals surface area contributed by atoms with Crippen LogP contribution < -0.4 is 10.1 Å². The minimum Gasteiger partial charge on any atom is -0.481 e. The van der Waals surface area contributed by atoms with Gasteiger partial charge in [0, 0.05) is 11.7 Å². The second-order valence-corrected chi connectivity index (χ2v) is 8.08. The van der Waals surface area contributed by atoms with E-state index in [4.69, 9.17) is 4.74 Å². The Bertz CT molecular complexity index is 554. The molecule has 118 valence electrons. The van der Waals surface area contributed by atoms with Gasteiger partial charge in [0.1, 0.15) is 4.60 Å². The summed E-state index contributed by atoms with van der Waals surface area (Å²) in [6.07, 6.45) is 9.34. The predicted molar refractivity (Wildman–Crippen MR) is 86.5 cm³/mol. The van der Waals surface area contributed by atoms with E-state index in [-0.39, 0.29) is 18.1 Å². The molecule has 4 bridgehead atoms. The molecule has 1 aromatic heterocycles. The molecule has 0 spiro atoms. The molecule has 4 aliphatic carbocycles. The molecule has 0 atom stereocenters. The average Bonchev–Trinajstić information content (AvgIpc) is 2.44. The monoisotopic (exact) mass is 364 g/mol. The Morgan fingerprint density at radius 1 is 1.27 bits per heavy atom. The van der Waals surface area contributed by atoms with E-state index >= 15 is 0 Å². The molecule has 5 rings (SSSR count). The van der Waals surface area contributed by atoms with Crippen molar-refractivity contribution in [3.8, 4) is 5.75 Å². The zero-order valence-corrected chi connectivity index (χ0v) is 14.1. The Balaban J connectivity index is 1.37. The number of nitrogens with zero attached hydrogens (tertiary/aromatic N) is 1. The normalized spacial score (nSPS) is 35.4. The van der Waals surface area contributed by atoms with E-state index < -0.39 is 0 Å². The van der Waals surface area contributed by atoms with Crippen molar-refractivity contribution in [1.82, 2.24) is 10.3 Å². The van der Waals surface area contributed by atoms with Crippen LogP contribution in [-0.4, -0.2) is 23.0 Å². The number of ether oxygens (including phenoxy) is 1. The average molecular weight is 365 g/mol. The van der Waals surface area contributed by atoms with Gasteiger partial charge in [-0.2, -0.15) is 0 Å². The molecule has 0 saturated heterocycles. The molecule has 0 aromatic carbocycles. The SMILES string of the molecule is O=C(COc1cccnc1Br)NC12CC3CC(CC(C3)C1)C2. The van der Waals surface area contributed by atoms with Gasteiger partial charge in [-0.15, -0.1) is 0 Å². The highest BCUT2D eigenvalue weighted by molar-refractivity contribution is 9.10. The number of hydrogen-bond donors (Lipinski definition) is 1. The van der Waals surface area contributed by atoms with Crippen molar-refractivity contribution in [2.75, 3.05) is 6.61 Å². The number of rotatable bonds is 4. The lowest BCUT2D eigenvalue weighted by Gasteiger charge is -2.56. The third-order valence-corrected chi connectivity index (χ3v) is 6.12. The molecule has 4 aliphatic rings. The molecule has 0 unspecified atom stereocenters. The maximum Gasteiger partial charge on any atom is 0.258 e. The fraction of sp³-hybridized carbons (Fsp3) is 0.647. The summed E-state index contributed by atoms with van der Waals surface area (Å²) < 4.78 is 6.23. The summed E-state index contributed by atoms with van der Waals surface area (Å²) in [5, 5.41) is 3.31. The molecule has 1 N–H and O–H groups in total. The van der Waals surface area contributed by atoms with E-state index in [2.05, 4.69) is 26.2 Å². The standard InChI is InChI=1S/C17H21BrN2O2/c18-16-14(2-1-3-19-16)22-10-15(21)20-17-7-11-4-12(8-17)6-13(5-11)9-17/h1-3,11-13H,4-10H2,(H,20,21). The molecule has 1 heterocycles. The van der Waals surface area contributed by atoms with Crippen molar-refractivity contribution in [3.05, 3.63) is 22.9 Å². The fourth-order valence-electron chi connectivity index (χ4n) is 5.22. The number of nitrogens with one attached hydrogen (secondary N) is 1. The molecule has 4 fully saturated rings. The smallest absolute Gasteiger partial charge is 0.258 e. The van der Waals surface area contributed by atoms with Crippen LogP contribution in [0, 0.1) is 17.8 Å². The zero-order chi connectivity index (χ0) is 15.2. The highest BCUT2D eigenvalue weighted by Gasteiger charge is 2.51. The Labute approximate surface area is 139 Å². The number of carbonyl (C=O) groups excluding carboxylic acids is 1. The number of amides is 1. The van der Waals surface area contributed by atoms with Gasteiger partial charge >= 0.3 is 0 Å². The Morgan fingerprint density at radius 3 is 2.50 bits per heavy atom. The first-order chi connectivity index (χ1) is 10.6. The van der Waals surface area contributed by atoms with Gasteiger partial charge in [-0.3, -0.25) is 4.79 Å². The maximum atomic E-state index is 12.3.